The summed E-state index contributed by atoms with van der Waals surface area (Å²) in [6.07, 6.45) is 2.46. The number of ether oxygens (including phenoxy) is 1. The van der Waals surface area contributed by atoms with Gasteiger partial charge in [-0.25, -0.2) is 0 Å². The predicted molar refractivity (Wildman–Crippen MR) is 50.1 cm³/mol. The zero-order chi connectivity index (χ0) is 8.81. The maximum Gasteiger partial charge on any atom is 0.0475 e. The lowest BCUT2D eigenvalue weighted by Gasteiger charge is -2.26. The molecule has 12 heavy (non-hydrogen) atoms. The summed E-state index contributed by atoms with van der Waals surface area (Å²) in [4.78, 5) is 2.33. The van der Waals surface area contributed by atoms with E-state index in [1.54, 1.807) is 0 Å². The van der Waals surface area contributed by atoms with E-state index in [0.717, 1.165) is 25.8 Å². The second-order valence-corrected chi connectivity index (χ2v) is 3.61. The van der Waals surface area contributed by atoms with E-state index < -0.39 is 0 Å². The first-order chi connectivity index (χ1) is 5.83. The Kier molecular flexibility index (Phi) is 4.58. The van der Waals surface area contributed by atoms with Crippen molar-refractivity contribution in [1.82, 2.24) is 10.2 Å². The second-order valence-electron chi connectivity index (χ2n) is 3.61. The maximum atomic E-state index is 5.31. The van der Waals surface area contributed by atoms with Crippen LogP contribution in [0.5, 0.6) is 0 Å². The lowest BCUT2D eigenvalue weighted by atomic mass is 10.0. The molecule has 0 amide bonds. The van der Waals surface area contributed by atoms with Gasteiger partial charge in [-0.15, -0.1) is 0 Å². The topological polar surface area (TPSA) is 24.5 Å². The molecule has 3 nitrogen and oxygen atoms in total. The molecule has 0 aromatic carbocycles. The van der Waals surface area contributed by atoms with Crippen molar-refractivity contribution in [2.45, 2.75) is 12.8 Å². The van der Waals surface area contributed by atoms with Crippen LogP contribution in [0.1, 0.15) is 12.8 Å². The average Bonchev–Trinajstić information content (AvgIpc) is 2.06. The summed E-state index contributed by atoms with van der Waals surface area (Å²) < 4.78 is 5.31. The van der Waals surface area contributed by atoms with Crippen LogP contribution in [0.15, 0.2) is 0 Å². The highest BCUT2D eigenvalue weighted by atomic mass is 16.5. The van der Waals surface area contributed by atoms with Crippen LogP contribution in [-0.4, -0.2) is 45.4 Å². The standard InChI is InChI=1S/C9H20N2O/c1-10-8-11(2)7-9-3-5-12-6-4-9/h9-10H,3-8H2,1-2H3. The first-order valence-electron chi connectivity index (χ1n) is 4.74. The quantitative estimate of drug-likeness (QED) is 0.626. The summed E-state index contributed by atoms with van der Waals surface area (Å²) in [5, 5.41) is 3.15. The molecule has 0 bridgehead atoms. The van der Waals surface area contributed by atoms with E-state index in [1.165, 1.54) is 19.4 Å². The van der Waals surface area contributed by atoms with Gasteiger partial charge in [0.05, 0.1) is 0 Å². The van der Waals surface area contributed by atoms with E-state index >= 15 is 0 Å². The summed E-state index contributed by atoms with van der Waals surface area (Å²) in [5.74, 6) is 0.845. The minimum absolute atomic E-state index is 0.845. The van der Waals surface area contributed by atoms with Crippen molar-refractivity contribution in [2.75, 3.05) is 40.5 Å². The Labute approximate surface area is 75.1 Å². The number of nitrogens with one attached hydrogen (secondary N) is 1. The summed E-state index contributed by atoms with van der Waals surface area (Å²) in [6, 6.07) is 0. The van der Waals surface area contributed by atoms with Gasteiger partial charge in [-0.05, 0) is 32.9 Å². The van der Waals surface area contributed by atoms with Gasteiger partial charge in [-0.2, -0.15) is 0 Å². The Morgan fingerprint density at radius 3 is 2.67 bits per heavy atom. The van der Waals surface area contributed by atoms with Crippen molar-refractivity contribution in [2.24, 2.45) is 5.92 Å². The van der Waals surface area contributed by atoms with Crippen LogP contribution in [-0.2, 0) is 4.74 Å². The van der Waals surface area contributed by atoms with Crippen molar-refractivity contribution >= 4 is 0 Å². The molecule has 0 spiro atoms. The third kappa shape index (κ3) is 3.52. The molecule has 0 unspecified atom stereocenters. The van der Waals surface area contributed by atoms with Crippen LogP contribution in [0.2, 0.25) is 0 Å². The number of nitrogens with zero attached hydrogens (tertiary/aromatic N) is 1. The van der Waals surface area contributed by atoms with Gasteiger partial charge in [0.15, 0.2) is 0 Å². The van der Waals surface area contributed by atoms with Gasteiger partial charge in [0.1, 0.15) is 0 Å². The van der Waals surface area contributed by atoms with Crippen molar-refractivity contribution in [1.29, 1.82) is 0 Å². The molecule has 3 heteroatoms. The molecule has 0 aromatic heterocycles. The smallest absolute Gasteiger partial charge is 0.0475 e. The molecule has 1 heterocycles. The Balaban J connectivity index is 2.11. The molecule has 1 aliphatic heterocycles. The van der Waals surface area contributed by atoms with E-state index in [1.807, 2.05) is 7.05 Å². The van der Waals surface area contributed by atoms with Crippen molar-refractivity contribution in [3.8, 4) is 0 Å². The Bertz CT molecular complexity index is 113. The molecule has 0 aromatic rings. The molecule has 1 aliphatic rings. The fourth-order valence-corrected chi connectivity index (χ4v) is 1.70. The van der Waals surface area contributed by atoms with Crippen molar-refractivity contribution < 1.29 is 4.74 Å². The average molecular weight is 172 g/mol. The van der Waals surface area contributed by atoms with E-state index in [4.69, 9.17) is 4.74 Å². The first kappa shape index (κ1) is 9.96. The van der Waals surface area contributed by atoms with Gasteiger partial charge in [-0.1, -0.05) is 0 Å². The third-order valence-corrected chi connectivity index (χ3v) is 2.34. The molecule has 1 rings (SSSR count). The molecule has 1 saturated heterocycles. The minimum Gasteiger partial charge on any atom is -0.381 e. The summed E-state index contributed by atoms with van der Waals surface area (Å²) in [6.45, 7) is 4.09. The maximum absolute atomic E-state index is 5.31. The number of hydrogen-bond donors (Lipinski definition) is 1. The fraction of sp³-hybridized carbons (Fsp3) is 1.00. The highest BCUT2D eigenvalue weighted by Gasteiger charge is 2.14. The summed E-state index contributed by atoms with van der Waals surface area (Å²) in [7, 11) is 4.15. The van der Waals surface area contributed by atoms with Crippen molar-refractivity contribution in [3.63, 3.8) is 0 Å². The molecular weight excluding hydrogens is 152 g/mol. The summed E-state index contributed by atoms with van der Waals surface area (Å²) in [5.41, 5.74) is 0. The molecule has 0 saturated carbocycles. The normalized spacial score (nSPS) is 20.2. The highest BCUT2D eigenvalue weighted by molar-refractivity contribution is 4.66. The lowest BCUT2D eigenvalue weighted by Crippen LogP contribution is -2.34. The third-order valence-electron chi connectivity index (χ3n) is 2.34. The molecular formula is C9H20N2O. The number of hydrogen-bond acceptors (Lipinski definition) is 3. The number of rotatable bonds is 4. The van der Waals surface area contributed by atoms with Crippen molar-refractivity contribution in [3.05, 3.63) is 0 Å². The zero-order valence-corrected chi connectivity index (χ0v) is 8.18. The monoisotopic (exact) mass is 172 g/mol. The van der Waals surface area contributed by atoms with Crippen LogP contribution >= 0.6 is 0 Å². The second kappa shape index (κ2) is 5.51. The highest BCUT2D eigenvalue weighted by Crippen LogP contribution is 2.14. The molecule has 72 valence electrons. The van der Waals surface area contributed by atoms with Gasteiger partial charge in [0.2, 0.25) is 0 Å². The van der Waals surface area contributed by atoms with Crippen LogP contribution in [0.25, 0.3) is 0 Å². The first-order valence-corrected chi connectivity index (χ1v) is 4.74. The molecule has 1 N–H and O–H groups in total. The van der Waals surface area contributed by atoms with Crippen LogP contribution in [0, 0.1) is 5.92 Å². The van der Waals surface area contributed by atoms with Crippen LogP contribution < -0.4 is 5.32 Å². The van der Waals surface area contributed by atoms with Gasteiger partial charge in [0, 0.05) is 26.4 Å². The Morgan fingerprint density at radius 2 is 2.08 bits per heavy atom. The summed E-state index contributed by atoms with van der Waals surface area (Å²) >= 11 is 0. The zero-order valence-electron chi connectivity index (χ0n) is 8.18. The Morgan fingerprint density at radius 1 is 1.42 bits per heavy atom. The van der Waals surface area contributed by atoms with E-state index in [-0.39, 0.29) is 0 Å². The largest absolute Gasteiger partial charge is 0.381 e. The van der Waals surface area contributed by atoms with Gasteiger partial charge in [-0.3, -0.25) is 4.90 Å². The van der Waals surface area contributed by atoms with Crippen LogP contribution in [0.3, 0.4) is 0 Å². The van der Waals surface area contributed by atoms with E-state index in [0.29, 0.717) is 0 Å². The fourth-order valence-electron chi connectivity index (χ4n) is 1.70. The molecule has 1 fully saturated rings. The predicted octanol–water partition coefficient (Wildman–Crippen LogP) is 0.522. The van der Waals surface area contributed by atoms with E-state index in [9.17, 15) is 0 Å². The Hall–Kier alpha value is -0.120. The lowest BCUT2D eigenvalue weighted by molar-refractivity contribution is 0.0551. The van der Waals surface area contributed by atoms with E-state index in [2.05, 4.69) is 17.3 Å². The van der Waals surface area contributed by atoms with Gasteiger partial charge in [0.25, 0.3) is 0 Å². The molecule has 0 aliphatic carbocycles. The SMILES string of the molecule is CNCN(C)CC1CCOCC1. The van der Waals surface area contributed by atoms with Crippen LogP contribution in [0.4, 0.5) is 0 Å². The minimum atomic E-state index is 0.845. The van der Waals surface area contributed by atoms with Gasteiger partial charge >= 0.3 is 0 Å². The molecule has 0 radical (unpaired) electrons. The molecule has 0 atom stereocenters. The van der Waals surface area contributed by atoms with Gasteiger partial charge < -0.3 is 10.1 Å².